The van der Waals surface area contributed by atoms with Gasteiger partial charge in [-0.1, -0.05) is 6.07 Å². The quantitative estimate of drug-likeness (QED) is 0.871. The van der Waals surface area contributed by atoms with E-state index in [0.717, 1.165) is 6.42 Å². The molecule has 1 amide bonds. The Morgan fingerprint density at radius 2 is 2.29 bits per heavy atom. The second kappa shape index (κ2) is 5.45. The third kappa shape index (κ3) is 3.57. The van der Waals surface area contributed by atoms with Crippen molar-refractivity contribution in [1.29, 1.82) is 0 Å². The number of amides is 1. The van der Waals surface area contributed by atoms with Gasteiger partial charge in [-0.2, -0.15) is 0 Å². The molecule has 2 aromatic heterocycles. The number of aryl methyl sites for hydroxylation is 1. The van der Waals surface area contributed by atoms with Crippen LogP contribution in [0.5, 0.6) is 0 Å². The van der Waals surface area contributed by atoms with Gasteiger partial charge >= 0.3 is 0 Å². The van der Waals surface area contributed by atoms with Crippen LogP contribution in [-0.2, 0) is 11.2 Å². The molecule has 2 heterocycles. The first-order valence-corrected chi connectivity index (χ1v) is 6.16. The van der Waals surface area contributed by atoms with Crippen molar-refractivity contribution in [3.8, 4) is 0 Å². The van der Waals surface area contributed by atoms with Gasteiger partial charge in [-0.15, -0.1) is 11.3 Å². The fourth-order valence-electron chi connectivity index (χ4n) is 1.39. The van der Waals surface area contributed by atoms with Gasteiger partial charge < -0.3 is 11.1 Å². The summed E-state index contributed by atoms with van der Waals surface area (Å²) in [5, 5.41) is 4.79. The first-order chi connectivity index (χ1) is 8.24. The summed E-state index contributed by atoms with van der Waals surface area (Å²) in [6, 6.07) is 7.42. The van der Waals surface area contributed by atoms with Gasteiger partial charge in [0.05, 0.1) is 11.9 Å². The van der Waals surface area contributed by atoms with Crippen LogP contribution in [0, 0.1) is 0 Å². The van der Waals surface area contributed by atoms with Crippen LogP contribution in [-0.4, -0.2) is 10.9 Å². The number of nitrogen functional groups attached to an aromatic ring is 1. The maximum Gasteiger partial charge on any atom is 0.224 e. The SMILES string of the molecule is Nc1ccc(NC(=O)CCc2cccs2)cn1. The van der Waals surface area contributed by atoms with Gasteiger partial charge in [-0.25, -0.2) is 4.98 Å². The molecule has 0 fully saturated rings. The Kier molecular flexibility index (Phi) is 3.72. The lowest BCUT2D eigenvalue weighted by Gasteiger charge is -2.04. The maximum atomic E-state index is 11.6. The molecule has 0 aliphatic heterocycles. The molecule has 0 atom stereocenters. The van der Waals surface area contributed by atoms with Gasteiger partial charge in [0.25, 0.3) is 0 Å². The zero-order valence-electron chi connectivity index (χ0n) is 9.22. The first kappa shape index (κ1) is 11.6. The van der Waals surface area contributed by atoms with E-state index in [1.54, 1.807) is 29.7 Å². The number of nitrogens with zero attached hydrogens (tertiary/aromatic N) is 1. The van der Waals surface area contributed by atoms with E-state index >= 15 is 0 Å². The molecule has 0 aromatic carbocycles. The third-order valence-electron chi connectivity index (χ3n) is 2.25. The summed E-state index contributed by atoms with van der Waals surface area (Å²) in [6.45, 7) is 0. The van der Waals surface area contributed by atoms with Gasteiger partial charge in [-0.05, 0) is 30.0 Å². The Hall–Kier alpha value is -1.88. The van der Waals surface area contributed by atoms with Crippen LogP contribution < -0.4 is 11.1 Å². The molecule has 0 aliphatic carbocycles. The van der Waals surface area contributed by atoms with Crippen LogP contribution in [0.3, 0.4) is 0 Å². The van der Waals surface area contributed by atoms with Crippen molar-refractivity contribution in [3.05, 3.63) is 40.7 Å². The van der Waals surface area contributed by atoms with Gasteiger partial charge in [0, 0.05) is 11.3 Å². The summed E-state index contributed by atoms with van der Waals surface area (Å²) in [5.74, 6) is 0.437. The predicted molar refractivity (Wildman–Crippen MR) is 69.9 cm³/mol. The smallest absolute Gasteiger partial charge is 0.224 e. The maximum absolute atomic E-state index is 11.6. The lowest BCUT2D eigenvalue weighted by atomic mass is 10.2. The fraction of sp³-hybridized carbons (Fsp3) is 0.167. The third-order valence-corrected chi connectivity index (χ3v) is 3.18. The number of thiophene rings is 1. The topological polar surface area (TPSA) is 68.0 Å². The minimum absolute atomic E-state index is 0.00929. The van der Waals surface area contributed by atoms with Crippen molar-refractivity contribution in [2.24, 2.45) is 0 Å². The molecule has 88 valence electrons. The molecule has 5 heteroatoms. The molecular weight excluding hydrogens is 234 g/mol. The number of anilines is 2. The lowest BCUT2D eigenvalue weighted by molar-refractivity contribution is -0.116. The Morgan fingerprint density at radius 3 is 2.94 bits per heavy atom. The van der Waals surface area contributed by atoms with Crippen molar-refractivity contribution in [3.63, 3.8) is 0 Å². The average Bonchev–Trinajstić information content (AvgIpc) is 2.83. The second-order valence-electron chi connectivity index (χ2n) is 3.60. The molecule has 0 radical (unpaired) electrons. The van der Waals surface area contributed by atoms with E-state index in [4.69, 9.17) is 5.73 Å². The number of hydrogen-bond donors (Lipinski definition) is 2. The molecule has 3 N–H and O–H groups in total. The van der Waals surface area contributed by atoms with Crippen LogP contribution in [0.25, 0.3) is 0 Å². The molecule has 0 saturated heterocycles. The number of carbonyl (C=O) groups excluding carboxylic acids is 1. The molecule has 0 aliphatic rings. The number of nitrogens with two attached hydrogens (primary N) is 1. The number of carbonyl (C=O) groups is 1. The minimum atomic E-state index is -0.00929. The highest BCUT2D eigenvalue weighted by molar-refractivity contribution is 7.09. The monoisotopic (exact) mass is 247 g/mol. The Morgan fingerprint density at radius 1 is 1.41 bits per heavy atom. The molecule has 17 heavy (non-hydrogen) atoms. The van der Waals surface area contributed by atoms with Crippen molar-refractivity contribution in [2.45, 2.75) is 12.8 Å². The Labute approximate surface area is 103 Å². The zero-order chi connectivity index (χ0) is 12.1. The predicted octanol–water partition coefficient (Wildman–Crippen LogP) is 2.30. The molecule has 0 saturated carbocycles. The lowest BCUT2D eigenvalue weighted by Crippen LogP contribution is -2.12. The number of aromatic nitrogens is 1. The number of rotatable bonds is 4. The summed E-state index contributed by atoms with van der Waals surface area (Å²) in [5.41, 5.74) is 6.13. The minimum Gasteiger partial charge on any atom is -0.384 e. The zero-order valence-corrected chi connectivity index (χ0v) is 10.0. The summed E-state index contributed by atoms with van der Waals surface area (Å²) >= 11 is 1.66. The second-order valence-corrected chi connectivity index (χ2v) is 4.63. The Bertz CT molecular complexity index is 479. The summed E-state index contributed by atoms with van der Waals surface area (Å²) in [6.07, 6.45) is 2.80. The van der Waals surface area contributed by atoms with Crippen LogP contribution in [0.1, 0.15) is 11.3 Å². The van der Waals surface area contributed by atoms with E-state index in [0.29, 0.717) is 17.9 Å². The molecular formula is C12H13N3OS. The van der Waals surface area contributed by atoms with Crippen molar-refractivity contribution in [1.82, 2.24) is 4.98 Å². The molecule has 2 aromatic rings. The van der Waals surface area contributed by atoms with Gasteiger partial charge in [0.2, 0.25) is 5.91 Å². The summed E-state index contributed by atoms with van der Waals surface area (Å²) < 4.78 is 0. The van der Waals surface area contributed by atoms with E-state index in [2.05, 4.69) is 10.3 Å². The largest absolute Gasteiger partial charge is 0.384 e. The fourth-order valence-corrected chi connectivity index (χ4v) is 2.10. The van der Waals surface area contributed by atoms with E-state index in [1.807, 2.05) is 17.5 Å². The summed E-state index contributed by atoms with van der Waals surface area (Å²) in [4.78, 5) is 16.8. The van der Waals surface area contributed by atoms with Crippen molar-refractivity contribution >= 4 is 28.7 Å². The number of hydrogen-bond acceptors (Lipinski definition) is 4. The standard InChI is InChI=1S/C12H13N3OS/c13-11-5-3-9(8-14-11)15-12(16)6-4-10-2-1-7-17-10/h1-3,5,7-8H,4,6H2,(H2,13,14)(H,15,16). The van der Waals surface area contributed by atoms with Gasteiger partial charge in [-0.3, -0.25) is 4.79 Å². The van der Waals surface area contributed by atoms with Crippen molar-refractivity contribution in [2.75, 3.05) is 11.1 Å². The molecule has 0 spiro atoms. The van der Waals surface area contributed by atoms with Gasteiger partial charge in [0.15, 0.2) is 0 Å². The molecule has 4 nitrogen and oxygen atoms in total. The highest BCUT2D eigenvalue weighted by Crippen LogP contribution is 2.12. The van der Waals surface area contributed by atoms with Crippen LogP contribution in [0.15, 0.2) is 35.8 Å². The van der Waals surface area contributed by atoms with Crippen molar-refractivity contribution < 1.29 is 4.79 Å². The van der Waals surface area contributed by atoms with E-state index in [1.165, 1.54) is 4.88 Å². The normalized spacial score (nSPS) is 10.1. The summed E-state index contributed by atoms with van der Waals surface area (Å²) in [7, 11) is 0. The number of nitrogens with one attached hydrogen (secondary N) is 1. The van der Waals surface area contributed by atoms with E-state index < -0.39 is 0 Å². The van der Waals surface area contributed by atoms with Crippen LogP contribution in [0.4, 0.5) is 11.5 Å². The van der Waals surface area contributed by atoms with Gasteiger partial charge in [0.1, 0.15) is 5.82 Å². The molecule has 2 rings (SSSR count). The van der Waals surface area contributed by atoms with E-state index in [-0.39, 0.29) is 5.91 Å². The molecule has 0 unspecified atom stereocenters. The van der Waals surface area contributed by atoms with Crippen LogP contribution >= 0.6 is 11.3 Å². The first-order valence-electron chi connectivity index (χ1n) is 5.28. The Balaban J connectivity index is 1.83. The average molecular weight is 247 g/mol. The van der Waals surface area contributed by atoms with Crippen LogP contribution in [0.2, 0.25) is 0 Å². The molecule has 0 bridgehead atoms. The highest BCUT2D eigenvalue weighted by Gasteiger charge is 2.03. The number of pyridine rings is 1. The van der Waals surface area contributed by atoms with E-state index in [9.17, 15) is 4.79 Å². The highest BCUT2D eigenvalue weighted by atomic mass is 32.1.